The van der Waals surface area contributed by atoms with Crippen LogP contribution in [0, 0.1) is 0 Å². The quantitative estimate of drug-likeness (QED) is 0.806. The van der Waals surface area contributed by atoms with Crippen molar-refractivity contribution in [3.8, 4) is 0 Å². The first-order valence-electron chi connectivity index (χ1n) is 4.02. The van der Waals surface area contributed by atoms with Gasteiger partial charge in [0.1, 0.15) is 0 Å². The molecule has 0 aliphatic rings. The Morgan fingerprint density at radius 1 is 1.36 bits per heavy atom. The van der Waals surface area contributed by atoms with Crippen molar-refractivity contribution in [2.75, 3.05) is 12.7 Å². The van der Waals surface area contributed by atoms with Crippen LogP contribution >= 0.6 is 20.1 Å². The van der Waals surface area contributed by atoms with Crippen LogP contribution in [0.4, 0.5) is 0 Å². The van der Waals surface area contributed by atoms with Gasteiger partial charge < -0.3 is 11.2 Å². The summed E-state index contributed by atoms with van der Waals surface area (Å²) < 4.78 is 10.4. The van der Waals surface area contributed by atoms with E-state index in [9.17, 15) is 4.57 Å². The van der Waals surface area contributed by atoms with Gasteiger partial charge >= 0.3 is 0 Å². The minimum Gasteiger partial charge on any atom is -0.412 e. The molecule has 0 heterocycles. The van der Waals surface area contributed by atoms with E-state index in [0.29, 0.717) is 17.7 Å². The molecule has 0 saturated heterocycles. The second-order valence-electron chi connectivity index (χ2n) is 2.80. The van der Waals surface area contributed by atoms with Gasteiger partial charge in [0, 0.05) is 17.1 Å². The van der Waals surface area contributed by atoms with Crippen molar-refractivity contribution in [3.05, 3.63) is 34.9 Å². The minimum atomic E-state index is 0. The van der Waals surface area contributed by atoms with Crippen LogP contribution in [0.3, 0.4) is 0 Å². The second-order valence-corrected chi connectivity index (χ2v) is 3.86. The number of benzene rings is 1. The molecule has 0 amide bonds. The fraction of sp³-hybridized carbons (Fsp3) is 0.333. The van der Waals surface area contributed by atoms with Crippen LogP contribution < -0.4 is 5.73 Å². The first-order valence-corrected chi connectivity index (χ1v) is 5.40. The van der Waals surface area contributed by atoms with E-state index in [-0.39, 0.29) is 19.9 Å². The van der Waals surface area contributed by atoms with Gasteiger partial charge in [-0.05, 0) is 24.2 Å². The van der Waals surface area contributed by atoms with Crippen molar-refractivity contribution >= 4 is 20.1 Å². The van der Waals surface area contributed by atoms with Gasteiger partial charge in [0.25, 0.3) is 0 Å². The highest BCUT2D eigenvalue weighted by molar-refractivity contribution is 7.23. The molecule has 0 aromatic heterocycles. The van der Waals surface area contributed by atoms with Crippen molar-refractivity contribution in [2.24, 2.45) is 5.73 Å². The van der Waals surface area contributed by atoms with E-state index in [1.165, 1.54) is 0 Å². The molecule has 1 aromatic carbocycles. The number of hydrogen-bond donors (Lipinski definition) is 1. The molecule has 0 aliphatic carbocycles. The first kappa shape index (κ1) is 13.5. The van der Waals surface area contributed by atoms with E-state index in [1.54, 1.807) is 0 Å². The number of nitrogens with two attached hydrogens (primary N) is 1. The lowest BCUT2D eigenvalue weighted by Crippen LogP contribution is -2.13. The summed E-state index contributed by atoms with van der Waals surface area (Å²) in [6.45, 7) is 0.511. The lowest BCUT2D eigenvalue weighted by Gasteiger charge is -2.10. The van der Waals surface area contributed by atoms with Crippen LogP contribution in [0.5, 0.6) is 0 Å². The van der Waals surface area contributed by atoms with Crippen LogP contribution in [0.25, 0.3) is 0 Å². The van der Waals surface area contributed by atoms with E-state index < -0.39 is 0 Å². The zero-order chi connectivity index (χ0) is 9.68. The van der Waals surface area contributed by atoms with Gasteiger partial charge in [-0.25, -0.2) is 0 Å². The molecule has 3 nitrogen and oxygen atoms in total. The molecule has 0 spiro atoms. The van der Waals surface area contributed by atoms with Crippen LogP contribution in [0.1, 0.15) is 11.5 Å². The Morgan fingerprint density at radius 2 is 1.93 bits per heavy atom. The summed E-state index contributed by atoms with van der Waals surface area (Å²) in [5, 5.41) is 0.708. The van der Waals surface area contributed by atoms with E-state index in [1.807, 2.05) is 24.3 Å². The Labute approximate surface area is 89.8 Å². The summed E-state index contributed by atoms with van der Waals surface area (Å²) in [6, 6.07) is 7.48. The Balaban J connectivity index is 0.00000169. The predicted octanol–water partition coefficient (Wildman–Crippen LogP) is 1.85. The van der Waals surface area contributed by atoms with Gasteiger partial charge in [0.05, 0.1) is 0 Å². The Hall–Kier alpha value is -0.470. The van der Waals surface area contributed by atoms with Gasteiger partial charge in [0.2, 0.25) is 0 Å². The van der Waals surface area contributed by atoms with Crippen molar-refractivity contribution in [1.29, 1.82) is 0 Å². The molecular formula is C9H13ClNO2P. The van der Waals surface area contributed by atoms with Crippen LogP contribution in [-0.4, -0.2) is 18.2 Å². The topological polar surface area (TPSA) is 74.6 Å². The zero-order valence-electron chi connectivity index (χ0n) is 7.61. The number of rotatable bonds is 4. The fourth-order valence-corrected chi connectivity index (χ4v) is 1.81. The number of halogens is 1. The third-order valence-corrected chi connectivity index (χ3v) is 2.76. The van der Waals surface area contributed by atoms with Crippen molar-refractivity contribution in [3.63, 3.8) is 0 Å². The maximum absolute atomic E-state index is 10.4. The van der Waals surface area contributed by atoms with Crippen molar-refractivity contribution in [2.45, 2.75) is 5.92 Å². The molecule has 78 valence electrons. The van der Waals surface area contributed by atoms with E-state index in [4.69, 9.17) is 17.3 Å². The SMILES string of the molecule is NCC(CP=O)c1ccc(Cl)cc1.O. The highest BCUT2D eigenvalue weighted by Crippen LogP contribution is 2.20. The van der Waals surface area contributed by atoms with Crippen LogP contribution in [0.15, 0.2) is 24.3 Å². The lowest BCUT2D eigenvalue weighted by molar-refractivity contribution is 0.594. The zero-order valence-corrected chi connectivity index (χ0v) is 9.26. The summed E-state index contributed by atoms with van der Waals surface area (Å²) in [7, 11) is 0.138. The van der Waals surface area contributed by atoms with E-state index >= 15 is 0 Å². The molecule has 1 aromatic rings. The molecule has 1 unspecified atom stereocenters. The highest BCUT2D eigenvalue weighted by atomic mass is 35.5. The fourth-order valence-electron chi connectivity index (χ4n) is 1.14. The first-order chi connectivity index (χ1) is 6.27. The summed E-state index contributed by atoms with van der Waals surface area (Å²) in [4.78, 5) is 0. The molecule has 0 aliphatic heterocycles. The molecule has 0 radical (unpaired) electrons. The maximum Gasteiger partial charge on any atom is 0.155 e. The van der Waals surface area contributed by atoms with Crippen molar-refractivity contribution < 1.29 is 10.0 Å². The molecule has 5 heteroatoms. The van der Waals surface area contributed by atoms with Gasteiger partial charge in [-0.15, -0.1) is 0 Å². The third-order valence-electron chi connectivity index (χ3n) is 1.92. The standard InChI is InChI=1S/C9H11ClNOP.H2O/c10-9-3-1-7(2-4-9)8(5-11)6-13-12;/h1-4,8H,5-6,11H2;1H2. The summed E-state index contributed by atoms with van der Waals surface area (Å²) >= 11 is 5.74. The molecule has 1 atom stereocenters. The highest BCUT2D eigenvalue weighted by Gasteiger charge is 2.08. The van der Waals surface area contributed by atoms with E-state index in [2.05, 4.69) is 0 Å². The van der Waals surface area contributed by atoms with Crippen LogP contribution in [-0.2, 0) is 4.57 Å². The normalized spacial score (nSPS) is 12.1. The molecule has 0 bridgehead atoms. The average Bonchev–Trinajstić information content (AvgIpc) is 2.16. The average molecular weight is 234 g/mol. The summed E-state index contributed by atoms with van der Waals surface area (Å²) in [5.74, 6) is 0.163. The Kier molecular flexibility index (Phi) is 6.67. The third kappa shape index (κ3) is 3.72. The van der Waals surface area contributed by atoms with Gasteiger partial charge in [-0.1, -0.05) is 23.7 Å². The Bertz CT molecular complexity index is 279. The van der Waals surface area contributed by atoms with Gasteiger partial charge in [-0.2, -0.15) is 0 Å². The minimum absolute atomic E-state index is 0. The molecule has 0 fully saturated rings. The number of hydrogen-bond acceptors (Lipinski definition) is 2. The molecule has 4 N–H and O–H groups in total. The summed E-state index contributed by atoms with van der Waals surface area (Å²) in [5.41, 5.74) is 6.65. The van der Waals surface area contributed by atoms with Gasteiger partial charge in [0.15, 0.2) is 8.46 Å². The smallest absolute Gasteiger partial charge is 0.155 e. The monoisotopic (exact) mass is 233 g/mol. The summed E-state index contributed by atoms with van der Waals surface area (Å²) in [6.07, 6.45) is 0.568. The van der Waals surface area contributed by atoms with Crippen LogP contribution in [0.2, 0.25) is 5.02 Å². The lowest BCUT2D eigenvalue weighted by atomic mass is 10.0. The van der Waals surface area contributed by atoms with E-state index in [0.717, 1.165) is 5.56 Å². The molecule has 1 rings (SSSR count). The predicted molar refractivity (Wildman–Crippen MR) is 59.3 cm³/mol. The Morgan fingerprint density at radius 3 is 2.36 bits per heavy atom. The molecule has 14 heavy (non-hydrogen) atoms. The molecule has 0 saturated carbocycles. The van der Waals surface area contributed by atoms with Gasteiger partial charge in [-0.3, -0.25) is 4.57 Å². The maximum atomic E-state index is 10.4. The molecular weight excluding hydrogens is 221 g/mol. The largest absolute Gasteiger partial charge is 0.412 e. The second kappa shape index (κ2) is 6.91. The van der Waals surface area contributed by atoms with Crippen molar-refractivity contribution in [1.82, 2.24) is 0 Å².